The van der Waals surface area contributed by atoms with Crippen LogP contribution in [0.4, 0.5) is 11.6 Å². The molecule has 0 atom stereocenters. The van der Waals surface area contributed by atoms with Gasteiger partial charge in [-0.15, -0.1) is 0 Å². The molecule has 5 nitrogen and oxygen atoms in total. The van der Waals surface area contributed by atoms with Crippen LogP contribution in [0.1, 0.15) is 32.5 Å². The molecule has 0 saturated heterocycles. The van der Waals surface area contributed by atoms with Crippen molar-refractivity contribution in [1.29, 1.82) is 0 Å². The zero-order chi connectivity index (χ0) is 13.4. The van der Waals surface area contributed by atoms with E-state index >= 15 is 0 Å². The highest BCUT2D eigenvalue weighted by molar-refractivity contribution is 5.47. The number of anilines is 2. The molecule has 5 heteroatoms. The van der Waals surface area contributed by atoms with Crippen LogP contribution in [0.3, 0.4) is 0 Å². The third kappa shape index (κ3) is 5.82. The molecule has 1 aromatic heterocycles. The monoisotopic (exact) mass is 251 g/mol. The summed E-state index contributed by atoms with van der Waals surface area (Å²) in [6, 6.07) is 1.93. The molecule has 0 unspecified atom stereocenters. The molecule has 0 aliphatic heterocycles. The molecule has 0 saturated carbocycles. The van der Waals surface area contributed by atoms with Gasteiger partial charge < -0.3 is 16.4 Å². The highest BCUT2D eigenvalue weighted by atomic mass is 15.1. The Labute approximate surface area is 110 Å². The molecule has 0 spiro atoms. The minimum Gasteiger partial charge on any atom is -0.370 e. The van der Waals surface area contributed by atoms with E-state index in [4.69, 9.17) is 5.73 Å². The van der Waals surface area contributed by atoms with Crippen LogP contribution >= 0.6 is 0 Å². The Balaban J connectivity index is 2.46. The van der Waals surface area contributed by atoms with Crippen molar-refractivity contribution in [3.05, 3.63) is 11.9 Å². The van der Waals surface area contributed by atoms with Crippen LogP contribution in [-0.2, 0) is 0 Å². The molecule has 0 amide bonds. The van der Waals surface area contributed by atoms with Gasteiger partial charge in [0.15, 0.2) is 0 Å². The zero-order valence-corrected chi connectivity index (χ0v) is 11.7. The van der Waals surface area contributed by atoms with Gasteiger partial charge in [-0.2, -0.15) is 0 Å². The molecule has 18 heavy (non-hydrogen) atoms. The minimum absolute atomic E-state index is 0.597. The predicted octanol–water partition coefficient (Wildman–Crippen LogP) is 2.00. The number of hydrogen-bond acceptors (Lipinski definition) is 5. The Morgan fingerprint density at radius 3 is 2.33 bits per heavy atom. The Bertz CT molecular complexity index is 351. The van der Waals surface area contributed by atoms with Gasteiger partial charge in [-0.1, -0.05) is 13.8 Å². The molecular weight excluding hydrogens is 226 g/mol. The first-order valence-electron chi connectivity index (χ1n) is 6.65. The number of nitrogens with zero attached hydrogens (tertiary/aromatic N) is 2. The smallest absolute Gasteiger partial charge is 0.131 e. The summed E-state index contributed by atoms with van der Waals surface area (Å²) in [6.07, 6.45) is 2.39. The molecule has 1 rings (SSSR count). The summed E-state index contributed by atoms with van der Waals surface area (Å²) in [6.45, 7) is 8.65. The first-order valence-corrected chi connectivity index (χ1v) is 6.65. The maximum atomic E-state index is 5.46. The first-order chi connectivity index (χ1) is 8.61. The van der Waals surface area contributed by atoms with E-state index in [1.807, 2.05) is 13.0 Å². The van der Waals surface area contributed by atoms with Crippen LogP contribution in [0, 0.1) is 12.8 Å². The van der Waals surface area contributed by atoms with E-state index in [0.29, 0.717) is 6.54 Å². The Morgan fingerprint density at radius 2 is 1.78 bits per heavy atom. The summed E-state index contributed by atoms with van der Waals surface area (Å²) in [4.78, 5) is 8.68. The van der Waals surface area contributed by atoms with Crippen molar-refractivity contribution >= 4 is 11.6 Å². The van der Waals surface area contributed by atoms with Gasteiger partial charge in [-0.05, 0) is 25.7 Å². The second-order valence-electron chi connectivity index (χ2n) is 4.86. The van der Waals surface area contributed by atoms with E-state index in [9.17, 15) is 0 Å². The lowest BCUT2D eigenvalue weighted by Gasteiger charge is -2.10. The Morgan fingerprint density at radius 1 is 1.17 bits per heavy atom. The molecule has 0 radical (unpaired) electrons. The molecule has 0 fully saturated rings. The third-order valence-corrected chi connectivity index (χ3v) is 2.55. The van der Waals surface area contributed by atoms with Crippen molar-refractivity contribution in [3.63, 3.8) is 0 Å². The molecule has 0 aliphatic carbocycles. The highest BCUT2D eigenvalue weighted by Crippen LogP contribution is 2.11. The van der Waals surface area contributed by atoms with Crippen molar-refractivity contribution in [2.75, 3.05) is 30.3 Å². The van der Waals surface area contributed by atoms with E-state index in [2.05, 4.69) is 34.4 Å². The fraction of sp³-hybridized carbons (Fsp3) is 0.692. The zero-order valence-electron chi connectivity index (χ0n) is 11.7. The topological polar surface area (TPSA) is 75.9 Å². The van der Waals surface area contributed by atoms with Gasteiger partial charge in [-0.25, -0.2) is 9.97 Å². The number of rotatable bonds is 8. The minimum atomic E-state index is 0.597. The number of nitrogens with one attached hydrogen (secondary N) is 2. The van der Waals surface area contributed by atoms with Crippen molar-refractivity contribution < 1.29 is 0 Å². The van der Waals surface area contributed by atoms with Gasteiger partial charge in [0.2, 0.25) is 0 Å². The van der Waals surface area contributed by atoms with Crippen LogP contribution < -0.4 is 16.4 Å². The van der Waals surface area contributed by atoms with Gasteiger partial charge in [0.05, 0.1) is 0 Å². The van der Waals surface area contributed by atoms with E-state index in [0.717, 1.165) is 42.9 Å². The highest BCUT2D eigenvalue weighted by Gasteiger charge is 2.01. The average Bonchev–Trinajstić information content (AvgIpc) is 2.31. The summed E-state index contributed by atoms with van der Waals surface area (Å²) < 4.78 is 0. The first kappa shape index (κ1) is 14.7. The van der Waals surface area contributed by atoms with Crippen LogP contribution in [0.15, 0.2) is 6.07 Å². The van der Waals surface area contributed by atoms with E-state index in [1.54, 1.807) is 0 Å². The SMILES string of the molecule is Cc1nc(NCCN)cc(NCCCC(C)C)n1. The maximum Gasteiger partial charge on any atom is 0.131 e. The third-order valence-electron chi connectivity index (χ3n) is 2.55. The summed E-state index contributed by atoms with van der Waals surface area (Å²) in [5.74, 6) is 3.23. The second-order valence-corrected chi connectivity index (χ2v) is 4.86. The molecule has 0 aliphatic rings. The fourth-order valence-electron chi connectivity index (χ4n) is 1.68. The van der Waals surface area contributed by atoms with Gasteiger partial charge >= 0.3 is 0 Å². The lowest BCUT2D eigenvalue weighted by molar-refractivity contribution is 0.566. The molecule has 1 heterocycles. The summed E-state index contributed by atoms with van der Waals surface area (Å²) in [5.41, 5.74) is 5.46. The van der Waals surface area contributed by atoms with Crippen molar-refractivity contribution in [1.82, 2.24) is 9.97 Å². The maximum absolute atomic E-state index is 5.46. The number of nitrogens with two attached hydrogens (primary N) is 1. The van der Waals surface area contributed by atoms with E-state index in [-0.39, 0.29) is 0 Å². The van der Waals surface area contributed by atoms with Crippen LogP contribution in [0.25, 0.3) is 0 Å². The normalized spacial score (nSPS) is 10.7. The van der Waals surface area contributed by atoms with Gasteiger partial charge in [-0.3, -0.25) is 0 Å². The van der Waals surface area contributed by atoms with Crippen molar-refractivity contribution in [3.8, 4) is 0 Å². The van der Waals surface area contributed by atoms with Crippen molar-refractivity contribution in [2.24, 2.45) is 11.7 Å². The molecule has 0 bridgehead atoms. The Hall–Kier alpha value is -1.36. The van der Waals surface area contributed by atoms with E-state index in [1.165, 1.54) is 6.42 Å². The molecule has 0 aromatic carbocycles. The average molecular weight is 251 g/mol. The quantitative estimate of drug-likeness (QED) is 0.616. The van der Waals surface area contributed by atoms with Crippen LogP contribution in [-0.4, -0.2) is 29.6 Å². The van der Waals surface area contributed by atoms with Gasteiger partial charge in [0.1, 0.15) is 17.5 Å². The van der Waals surface area contributed by atoms with Crippen molar-refractivity contribution in [2.45, 2.75) is 33.6 Å². The largest absolute Gasteiger partial charge is 0.370 e. The molecular formula is C13H25N5. The lowest BCUT2D eigenvalue weighted by atomic mass is 10.1. The summed E-state index contributed by atoms with van der Waals surface area (Å²) in [7, 11) is 0. The lowest BCUT2D eigenvalue weighted by Crippen LogP contribution is -2.15. The van der Waals surface area contributed by atoms with Crippen LogP contribution in [0.5, 0.6) is 0 Å². The Kier molecular flexibility index (Phi) is 6.43. The summed E-state index contributed by atoms with van der Waals surface area (Å²) in [5, 5.41) is 6.50. The van der Waals surface area contributed by atoms with Crippen LogP contribution in [0.2, 0.25) is 0 Å². The predicted molar refractivity (Wildman–Crippen MR) is 76.9 cm³/mol. The summed E-state index contributed by atoms with van der Waals surface area (Å²) >= 11 is 0. The molecule has 1 aromatic rings. The standard InChI is InChI=1S/C13H25N5/c1-10(2)5-4-7-15-12-9-13(16-8-6-14)18-11(3)17-12/h9-10H,4-8,14H2,1-3H3,(H2,15,16,17,18). The molecule has 102 valence electrons. The fourth-order valence-corrected chi connectivity index (χ4v) is 1.68. The van der Waals surface area contributed by atoms with Gasteiger partial charge in [0.25, 0.3) is 0 Å². The number of hydrogen-bond donors (Lipinski definition) is 3. The second kappa shape index (κ2) is 7.87. The van der Waals surface area contributed by atoms with Gasteiger partial charge in [0, 0.05) is 25.7 Å². The van der Waals surface area contributed by atoms with E-state index < -0.39 is 0 Å². The number of aryl methyl sites for hydroxylation is 1. The molecule has 4 N–H and O–H groups in total. The number of aromatic nitrogens is 2.